The van der Waals surface area contributed by atoms with Gasteiger partial charge in [0.1, 0.15) is 0 Å². The monoisotopic (exact) mass is 333 g/mol. The molecule has 0 aromatic carbocycles. The highest BCUT2D eigenvalue weighted by Crippen LogP contribution is 2.31. The van der Waals surface area contributed by atoms with Gasteiger partial charge >= 0.3 is 0 Å². The summed E-state index contributed by atoms with van der Waals surface area (Å²) in [5, 5.41) is 0. The summed E-state index contributed by atoms with van der Waals surface area (Å²) < 4.78 is 0. The first-order valence-electron chi connectivity index (χ1n) is 9.98. The molecule has 0 aromatic heterocycles. The van der Waals surface area contributed by atoms with Crippen LogP contribution in [0.25, 0.3) is 0 Å². The number of hydrogen-bond acceptors (Lipinski definition) is 3. The summed E-state index contributed by atoms with van der Waals surface area (Å²) in [6.45, 7) is 14.2. The number of carbonyl (C=O) groups is 1. The van der Waals surface area contributed by atoms with Gasteiger partial charge in [0, 0.05) is 45.8 Å². The summed E-state index contributed by atoms with van der Waals surface area (Å²) in [7, 11) is 0. The van der Waals surface area contributed by atoms with Crippen molar-refractivity contribution < 1.29 is 4.79 Å². The van der Waals surface area contributed by atoms with Crippen LogP contribution in [0.5, 0.6) is 0 Å². The molecule has 3 aliphatic rings. The molecular formula is C20H35N3O. The Bertz CT molecular complexity index is 462. The highest BCUT2D eigenvalue weighted by atomic mass is 16.2. The zero-order chi connectivity index (χ0) is 17.1. The van der Waals surface area contributed by atoms with Crippen molar-refractivity contribution in [2.45, 2.75) is 52.5 Å². The Morgan fingerprint density at radius 1 is 1.17 bits per heavy atom. The molecule has 2 fully saturated rings. The maximum absolute atomic E-state index is 12.6. The van der Waals surface area contributed by atoms with Crippen LogP contribution in [0.1, 0.15) is 46.5 Å². The van der Waals surface area contributed by atoms with Crippen LogP contribution in [0.3, 0.4) is 0 Å². The quantitative estimate of drug-likeness (QED) is 0.740. The molecular weight excluding hydrogens is 298 g/mol. The zero-order valence-corrected chi connectivity index (χ0v) is 15.8. The number of nitrogens with zero attached hydrogens (tertiary/aromatic N) is 3. The number of rotatable bonds is 4. The first-order valence-corrected chi connectivity index (χ1v) is 9.98. The first kappa shape index (κ1) is 17.9. The molecule has 24 heavy (non-hydrogen) atoms. The Balaban J connectivity index is 1.47. The molecule has 2 saturated heterocycles. The van der Waals surface area contributed by atoms with Gasteiger partial charge in [0.25, 0.3) is 0 Å². The Morgan fingerprint density at radius 3 is 2.46 bits per heavy atom. The lowest BCUT2D eigenvalue weighted by Crippen LogP contribution is -2.55. The molecule has 1 amide bonds. The van der Waals surface area contributed by atoms with E-state index in [2.05, 4.69) is 41.5 Å². The lowest BCUT2D eigenvalue weighted by Gasteiger charge is -2.41. The second-order valence-electron chi connectivity index (χ2n) is 8.15. The molecule has 4 heteroatoms. The maximum atomic E-state index is 12.6. The van der Waals surface area contributed by atoms with Gasteiger partial charge in [0.05, 0.1) is 6.04 Å². The van der Waals surface area contributed by atoms with E-state index in [-0.39, 0.29) is 6.04 Å². The van der Waals surface area contributed by atoms with Gasteiger partial charge in [-0.1, -0.05) is 18.6 Å². The van der Waals surface area contributed by atoms with E-state index in [1.54, 1.807) is 5.57 Å². The molecule has 0 saturated carbocycles. The predicted molar refractivity (Wildman–Crippen MR) is 98.9 cm³/mol. The minimum Gasteiger partial charge on any atom is -0.341 e. The number of piperazine rings is 1. The zero-order valence-electron chi connectivity index (χ0n) is 15.8. The number of carbonyl (C=O) groups excluding carboxylic acids is 1. The van der Waals surface area contributed by atoms with Crippen molar-refractivity contribution >= 4 is 5.91 Å². The average Bonchev–Trinajstić information content (AvgIpc) is 3.12. The van der Waals surface area contributed by atoms with E-state index in [9.17, 15) is 4.79 Å². The largest absolute Gasteiger partial charge is 0.341 e. The molecule has 2 heterocycles. The average molecular weight is 334 g/mol. The standard InChI is InChI=1S/C20H35N3O/c1-16-7-6-8-17(2)19(16)15-21-11-13-22(14-12-21)18(3)20(24)23-9-4-5-10-23/h7,17-19H,4-6,8-15H2,1-3H3/t17-,18-,19-/m0/s1. The third-order valence-electron chi connectivity index (χ3n) is 6.54. The summed E-state index contributed by atoms with van der Waals surface area (Å²) >= 11 is 0. The fourth-order valence-electron chi connectivity index (χ4n) is 4.67. The molecule has 0 aromatic rings. The lowest BCUT2D eigenvalue weighted by atomic mass is 9.79. The molecule has 0 radical (unpaired) electrons. The predicted octanol–water partition coefficient (Wildman–Crippen LogP) is 2.61. The first-order chi connectivity index (χ1) is 11.6. The highest BCUT2D eigenvalue weighted by molar-refractivity contribution is 5.81. The topological polar surface area (TPSA) is 26.8 Å². The molecule has 0 unspecified atom stereocenters. The fraction of sp³-hybridized carbons (Fsp3) is 0.850. The lowest BCUT2D eigenvalue weighted by molar-refractivity contribution is -0.136. The van der Waals surface area contributed by atoms with Crippen LogP contribution < -0.4 is 0 Å². The van der Waals surface area contributed by atoms with Crippen molar-refractivity contribution in [3.8, 4) is 0 Å². The SMILES string of the molecule is CC1=CCC[C@H](C)[C@H]1CN1CCN([C@@H](C)C(=O)N2CCCC2)CC1. The normalized spacial score (nSPS) is 31.1. The molecule has 3 atom stereocenters. The molecule has 2 aliphatic heterocycles. The van der Waals surface area contributed by atoms with Crippen LogP contribution >= 0.6 is 0 Å². The van der Waals surface area contributed by atoms with Crippen LogP contribution in [0.2, 0.25) is 0 Å². The third kappa shape index (κ3) is 4.02. The van der Waals surface area contributed by atoms with Crippen molar-refractivity contribution in [3.05, 3.63) is 11.6 Å². The van der Waals surface area contributed by atoms with Gasteiger partial charge in [-0.05, 0) is 51.4 Å². The fourth-order valence-corrected chi connectivity index (χ4v) is 4.67. The van der Waals surface area contributed by atoms with Crippen molar-refractivity contribution in [1.29, 1.82) is 0 Å². The molecule has 1 aliphatic carbocycles. The molecule has 3 rings (SSSR count). The molecule has 0 bridgehead atoms. The van der Waals surface area contributed by atoms with Gasteiger partial charge in [-0.15, -0.1) is 0 Å². The molecule has 4 nitrogen and oxygen atoms in total. The van der Waals surface area contributed by atoms with Crippen LogP contribution in [0, 0.1) is 11.8 Å². The summed E-state index contributed by atoms with van der Waals surface area (Å²) in [6.07, 6.45) is 7.39. The number of likely N-dealkylation sites (tertiary alicyclic amines) is 1. The number of allylic oxidation sites excluding steroid dienone is 1. The van der Waals surface area contributed by atoms with Crippen molar-refractivity contribution in [2.24, 2.45) is 11.8 Å². The van der Waals surface area contributed by atoms with Crippen LogP contribution in [0.4, 0.5) is 0 Å². The van der Waals surface area contributed by atoms with E-state index in [4.69, 9.17) is 0 Å². The van der Waals surface area contributed by atoms with Crippen molar-refractivity contribution in [3.63, 3.8) is 0 Å². The molecule has 136 valence electrons. The van der Waals surface area contributed by atoms with E-state index < -0.39 is 0 Å². The highest BCUT2D eigenvalue weighted by Gasteiger charge is 2.31. The van der Waals surface area contributed by atoms with Crippen molar-refractivity contribution in [1.82, 2.24) is 14.7 Å². The summed E-state index contributed by atoms with van der Waals surface area (Å²) in [6, 6.07) is 0.0560. The number of amides is 1. The van der Waals surface area contributed by atoms with E-state index >= 15 is 0 Å². The second-order valence-corrected chi connectivity index (χ2v) is 8.15. The van der Waals surface area contributed by atoms with Gasteiger partial charge in [-0.2, -0.15) is 0 Å². The van der Waals surface area contributed by atoms with Crippen LogP contribution in [0.15, 0.2) is 11.6 Å². The Hall–Kier alpha value is -0.870. The minimum absolute atomic E-state index is 0.0560. The van der Waals surface area contributed by atoms with E-state index in [0.717, 1.165) is 51.1 Å². The van der Waals surface area contributed by atoms with Crippen molar-refractivity contribution in [2.75, 3.05) is 45.8 Å². The molecule has 0 spiro atoms. The smallest absolute Gasteiger partial charge is 0.239 e. The Labute approximate surface area is 147 Å². The van der Waals surface area contributed by atoms with Gasteiger partial charge in [-0.25, -0.2) is 0 Å². The third-order valence-corrected chi connectivity index (χ3v) is 6.54. The Kier molecular flexibility index (Phi) is 5.98. The van der Waals surface area contributed by atoms with Crippen LogP contribution in [-0.4, -0.2) is 72.5 Å². The molecule has 0 N–H and O–H groups in total. The van der Waals surface area contributed by atoms with Gasteiger partial charge in [0.2, 0.25) is 5.91 Å². The summed E-state index contributed by atoms with van der Waals surface area (Å²) in [5.41, 5.74) is 1.59. The van der Waals surface area contributed by atoms with Crippen LogP contribution in [-0.2, 0) is 4.79 Å². The summed E-state index contributed by atoms with van der Waals surface area (Å²) in [4.78, 5) is 19.7. The number of hydrogen-bond donors (Lipinski definition) is 0. The maximum Gasteiger partial charge on any atom is 0.239 e. The van der Waals surface area contributed by atoms with E-state index in [1.807, 2.05) is 0 Å². The van der Waals surface area contributed by atoms with Gasteiger partial charge in [0.15, 0.2) is 0 Å². The van der Waals surface area contributed by atoms with Gasteiger partial charge < -0.3 is 9.80 Å². The van der Waals surface area contributed by atoms with E-state index in [1.165, 1.54) is 32.2 Å². The summed E-state index contributed by atoms with van der Waals surface area (Å²) in [5.74, 6) is 1.89. The minimum atomic E-state index is 0.0560. The van der Waals surface area contributed by atoms with Gasteiger partial charge in [-0.3, -0.25) is 9.69 Å². The second kappa shape index (κ2) is 8.01. The Morgan fingerprint density at radius 2 is 1.83 bits per heavy atom. The van der Waals surface area contributed by atoms with E-state index in [0.29, 0.717) is 5.91 Å².